The van der Waals surface area contributed by atoms with Gasteiger partial charge in [-0.25, -0.2) is 8.78 Å². The highest BCUT2D eigenvalue weighted by Gasteiger charge is 2.31. The maximum Gasteiger partial charge on any atom is 0.123 e. The molecule has 0 amide bonds. The van der Waals surface area contributed by atoms with Gasteiger partial charge in [-0.05, 0) is 53.4 Å². The average molecular weight is 392 g/mol. The number of nitrogens with zero attached hydrogens (tertiary/aromatic N) is 1. The minimum absolute atomic E-state index is 0.250. The summed E-state index contributed by atoms with van der Waals surface area (Å²) in [5, 5.41) is 3.43. The van der Waals surface area contributed by atoms with E-state index in [9.17, 15) is 8.78 Å². The van der Waals surface area contributed by atoms with Crippen molar-refractivity contribution in [1.29, 1.82) is 0 Å². The number of halogens is 2. The van der Waals surface area contributed by atoms with Crippen LogP contribution < -0.4 is 10.1 Å². The van der Waals surface area contributed by atoms with Crippen molar-refractivity contribution in [3.63, 3.8) is 0 Å². The van der Waals surface area contributed by atoms with Gasteiger partial charge in [-0.2, -0.15) is 0 Å². The molecule has 3 nitrogen and oxygen atoms in total. The lowest BCUT2D eigenvalue weighted by Crippen LogP contribution is -2.25. The third-order valence-corrected chi connectivity index (χ3v) is 5.15. The van der Waals surface area contributed by atoms with Gasteiger partial charge in [0.2, 0.25) is 0 Å². The minimum Gasteiger partial charge on any atom is -0.496 e. The highest BCUT2D eigenvalue weighted by atomic mass is 19.1. The van der Waals surface area contributed by atoms with Crippen LogP contribution in [0, 0.1) is 11.6 Å². The molecule has 0 aliphatic carbocycles. The van der Waals surface area contributed by atoms with E-state index < -0.39 is 0 Å². The molecule has 0 fully saturated rings. The first-order valence-corrected chi connectivity index (χ1v) is 9.60. The van der Waals surface area contributed by atoms with Gasteiger partial charge < -0.3 is 10.1 Å². The molecule has 29 heavy (non-hydrogen) atoms. The summed E-state index contributed by atoms with van der Waals surface area (Å²) in [7, 11) is 1.66. The first-order chi connectivity index (χ1) is 14.1. The van der Waals surface area contributed by atoms with Crippen molar-refractivity contribution in [1.82, 2.24) is 5.32 Å². The molecule has 0 bridgehead atoms. The van der Waals surface area contributed by atoms with E-state index in [4.69, 9.17) is 9.73 Å². The monoisotopic (exact) mass is 392 g/mol. The van der Waals surface area contributed by atoms with E-state index in [0.717, 1.165) is 34.7 Å². The van der Waals surface area contributed by atoms with Crippen LogP contribution in [-0.4, -0.2) is 12.9 Å². The summed E-state index contributed by atoms with van der Waals surface area (Å²) in [4.78, 5) is 4.83. The van der Waals surface area contributed by atoms with Crippen molar-refractivity contribution >= 4 is 5.84 Å². The molecule has 0 saturated carbocycles. The Morgan fingerprint density at radius 1 is 0.862 bits per heavy atom. The SMILES string of the molecule is COc1ccccc1CCC1=NC(c2cccc(F)c2)C(c2cccc(F)c2)N1. The number of aryl methyl sites for hydroxylation is 1. The van der Waals surface area contributed by atoms with Gasteiger partial charge in [0, 0.05) is 6.42 Å². The fourth-order valence-electron chi connectivity index (χ4n) is 3.76. The van der Waals surface area contributed by atoms with Crippen molar-refractivity contribution in [2.24, 2.45) is 4.99 Å². The fourth-order valence-corrected chi connectivity index (χ4v) is 3.76. The second kappa shape index (κ2) is 8.43. The number of hydrogen-bond acceptors (Lipinski definition) is 3. The number of aliphatic imine (C=N–C) groups is 1. The minimum atomic E-state index is -0.319. The van der Waals surface area contributed by atoms with Crippen LogP contribution in [0.15, 0.2) is 77.8 Å². The summed E-state index contributed by atoms with van der Waals surface area (Å²) in [5.74, 6) is 1.05. The van der Waals surface area contributed by atoms with Crippen LogP contribution in [0.4, 0.5) is 8.78 Å². The van der Waals surface area contributed by atoms with Crippen LogP contribution in [0.1, 0.15) is 35.2 Å². The van der Waals surface area contributed by atoms with E-state index in [1.807, 2.05) is 36.4 Å². The standard InChI is InChI=1S/C24H22F2N2O/c1-29-21-11-3-2-6-16(21)12-13-22-27-23(17-7-4-9-19(25)14-17)24(28-22)18-8-5-10-20(26)15-18/h2-11,14-15,23-24H,12-13H2,1H3,(H,27,28). The average Bonchev–Trinajstić information content (AvgIpc) is 3.17. The van der Waals surface area contributed by atoms with Crippen LogP contribution >= 0.6 is 0 Å². The molecule has 0 saturated heterocycles. The Bertz CT molecular complexity index is 1030. The zero-order chi connectivity index (χ0) is 20.2. The number of methoxy groups -OCH3 is 1. The lowest BCUT2D eigenvalue weighted by atomic mass is 9.95. The topological polar surface area (TPSA) is 33.6 Å². The zero-order valence-corrected chi connectivity index (χ0v) is 16.1. The number of amidine groups is 1. The van der Waals surface area contributed by atoms with Gasteiger partial charge in [0.15, 0.2) is 0 Å². The van der Waals surface area contributed by atoms with E-state index in [2.05, 4.69) is 5.32 Å². The number of benzene rings is 3. The molecule has 4 rings (SSSR count). The van der Waals surface area contributed by atoms with E-state index in [-0.39, 0.29) is 23.7 Å². The summed E-state index contributed by atoms with van der Waals surface area (Å²) in [5.41, 5.74) is 2.64. The largest absolute Gasteiger partial charge is 0.496 e. The van der Waals surface area contributed by atoms with Gasteiger partial charge in [0.1, 0.15) is 23.4 Å². The molecule has 3 aromatic rings. The molecule has 2 atom stereocenters. The van der Waals surface area contributed by atoms with Crippen LogP contribution in [0.2, 0.25) is 0 Å². The summed E-state index contributed by atoms with van der Waals surface area (Å²) in [6.07, 6.45) is 1.43. The Balaban J connectivity index is 1.60. The highest BCUT2D eigenvalue weighted by molar-refractivity contribution is 5.85. The third-order valence-electron chi connectivity index (χ3n) is 5.15. The lowest BCUT2D eigenvalue weighted by Gasteiger charge is -2.20. The van der Waals surface area contributed by atoms with Gasteiger partial charge in [0.25, 0.3) is 0 Å². The van der Waals surface area contributed by atoms with E-state index in [0.29, 0.717) is 6.42 Å². The van der Waals surface area contributed by atoms with Crippen LogP contribution in [0.3, 0.4) is 0 Å². The zero-order valence-electron chi connectivity index (χ0n) is 16.1. The van der Waals surface area contributed by atoms with Gasteiger partial charge in [-0.3, -0.25) is 4.99 Å². The first-order valence-electron chi connectivity index (χ1n) is 9.60. The van der Waals surface area contributed by atoms with Crippen molar-refractivity contribution in [3.8, 4) is 5.75 Å². The van der Waals surface area contributed by atoms with Crippen molar-refractivity contribution in [2.45, 2.75) is 24.9 Å². The molecule has 5 heteroatoms. The molecule has 1 heterocycles. The first kappa shape index (κ1) is 19.1. The summed E-state index contributed by atoms with van der Waals surface area (Å²) < 4.78 is 33.1. The number of ether oxygens (including phenoxy) is 1. The van der Waals surface area contributed by atoms with E-state index >= 15 is 0 Å². The summed E-state index contributed by atoms with van der Waals surface area (Å²) >= 11 is 0. The number of para-hydroxylation sites is 1. The second-order valence-electron chi connectivity index (χ2n) is 7.06. The molecule has 1 N–H and O–H groups in total. The smallest absolute Gasteiger partial charge is 0.123 e. The normalized spacial score (nSPS) is 18.2. The van der Waals surface area contributed by atoms with Crippen molar-refractivity contribution in [2.75, 3.05) is 7.11 Å². The van der Waals surface area contributed by atoms with Crippen LogP contribution in [0.25, 0.3) is 0 Å². The molecule has 148 valence electrons. The Morgan fingerprint density at radius 3 is 2.28 bits per heavy atom. The number of rotatable bonds is 6. The van der Waals surface area contributed by atoms with Gasteiger partial charge in [0.05, 0.1) is 19.0 Å². The Morgan fingerprint density at radius 2 is 1.55 bits per heavy atom. The number of hydrogen-bond donors (Lipinski definition) is 1. The quantitative estimate of drug-likeness (QED) is 0.610. The van der Waals surface area contributed by atoms with Crippen LogP contribution in [-0.2, 0) is 6.42 Å². The second-order valence-corrected chi connectivity index (χ2v) is 7.06. The highest BCUT2D eigenvalue weighted by Crippen LogP contribution is 2.37. The summed E-state index contributed by atoms with van der Waals surface area (Å²) in [6.45, 7) is 0. The molecule has 3 aromatic carbocycles. The molecule has 0 radical (unpaired) electrons. The molecule has 0 spiro atoms. The van der Waals surface area contributed by atoms with E-state index in [1.165, 1.54) is 24.3 Å². The number of nitrogens with one attached hydrogen (secondary N) is 1. The third kappa shape index (κ3) is 4.29. The molecular weight excluding hydrogens is 370 g/mol. The van der Waals surface area contributed by atoms with E-state index in [1.54, 1.807) is 19.2 Å². The maximum absolute atomic E-state index is 13.8. The predicted molar refractivity (Wildman–Crippen MR) is 110 cm³/mol. The van der Waals surface area contributed by atoms with Crippen molar-refractivity contribution < 1.29 is 13.5 Å². The fraction of sp³-hybridized carbons (Fsp3) is 0.208. The summed E-state index contributed by atoms with van der Waals surface area (Å²) in [6, 6.07) is 20.2. The Hall–Kier alpha value is -3.21. The Kier molecular flexibility index (Phi) is 5.56. The molecular formula is C24H22F2N2O. The maximum atomic E-state index is 13.8. The molecule has 1 aliphatic rings. The van der Waals surface area contributed by atoms with Gasteiger partial charge in [-0.1, -0.05) is 42.5 Å². The molecule has 2 unspecified atom stereocenters. The molecule has 0 aromatic heterocycles. The molecule has 1 aliphatic heterocycles. The van der Waals surface area contributed by atoms with Crippen LogP contribution in [0.5, 0.6) is 5.75 Å². The predicted octanol–water partition coefficient (Wildman–Crippen LogP) is 5.39. The van der Waals surface area contributed by atoms with Gasteiger partial charge in [-0.15, -0.1) is 0 Å². The Labute approximate surface area is 169 Å². The lowest BCUT2D eigenvalue weighted by molar-refractivity contribution is 0.410. The van der Waals surface area contributed by atoms with Gasteiger partial charge >= 0.3 is 0 Å². The van der Waals surface area contributed by atoms with Crippen molar-refractivity contribution in [3.05, 3.63) is 101 Å².